The number of thiazole rings is 1. The Morgan fingerprint density at radius 3 is 2.58 bits per heavy atom. The minimum Gasteiger partial charge on any atom is -0.445 e. The SMILES string of the molecule is CC(C)(C)N1CCC[C@H](C(=O)N[C@@H](CCCCNC(=O)OCc2ccccc2)C(=O)c2nc3ccccc3s2)C1. The highest BCUT2D eigenvalue weighted by Gasteiger charge is 2.33. The second-order valence-corrected chi connectivity index (χ2v) is 12.4. The Bertz CT molecular complexity index is 1250. The number of benzene rings is 2. The highest BCUT2D eigenvalue weighted by atomic mass is 32.1. The van der Waals surface area contributed by atoms with Gasteiger partial charge in [0.15, 0.2) is 5.01 Å². The van der Waals surface area contributed by atoms with Crippen molar-refractivity contribution in [2.24, 2.45) is 5.92 Å². The topological polar surface area (TPSA) is 101 Å². The number of carbonyl (C=O) groups is 3. The molecule has 2 atom stereocenters. The Labute approximate surface area is 240 Å². The predicted molar refractivity (Wildman–Crippen MR) is 158 cm³/mol. The van der Waals surface area contributed by atoms with Crippen molar-refractivity contribution in [3.05, 3.63) is 65.2 Å². The summed E-state index contributed by atoms with van der Waals surface area (Å²) in [5.74, 6) is -0.385. The van der Waals surface area contributed by atoms with Crippen LogP contribution in [0.2, 0.25) is 0 Å². The zero-order valence-corrected chi connectivity index (χ0v) is 24.5. The number of nitrogens with zero attached hydrogens (tertiary/aromatic N) is 2. The molecule has 2 aromatic carbocycles. The second kappa shape index (κ2) is 13.9. The third-order valence-electron chi connectivity index (χ3n) is 7.28. The van der Waals surface area contributed by atoms with Crippen molar-refractivity contribution >= 4 is 39.3 Å². The molecule has 4 rings (SSSR count). The number of hydrogen-bond donors (Lipinski definition) is 2. The molecule has 2 amide bonds. The van der Waals surface area contributed by atoms with Crippen molar-refractivity contribution < 1.29 is 19.1 Å². The Kier molecular flexibility index (Phi) is 10.3. The first kappa shape index (κ1) is 29.7. The van der Waals surface area contributed by atoms with Gasteiger partial charge in [0.1, 0.15) is 6.61 Å². The van der Waals surface area contributed by atoms with E-state index in [1.54, 1.807) is 0 Å². The first-order valence-corrected chi connectivity index (χ1v) is 14.9. The quantitative estimate of drug-likeness (QED) is 0.233. The fourth-order valence-corrected chi connectivity index (χ4v) is 5.88. The lowest BCUT2D eigenvalue weighted by atomic mass is 9.92. The molecule has 40 heavy (non-hydrogen) atoms. The fourth-order valence-electron chi connectivity index (χ4n) is 4.92. The zero-order chi connectivity index (χ0) is 28.5. The van der Waals surface area contributed by atoms with Crippen LogP contribution in [-0.4, -0.2) is 58.9 Å². The van der Waals surface area contributed by atoms with E-state index in [9.17, 15) is 14.4 Å². The number of likely N-dealkylation sites (tertiary alicyclic amines) is 1. The van der Waals surface area contributed by atoms with Crippen LogP contribution >= 0.6 is 11.3 Å². The number of amides is 2. The lowest BCUT2D eigenvalue weighted by Crippen LogP contribution is -2.52. The monoisotopic (exact) mass is 564 g/mol. The van der Waals surface area contributed by atoms with Crippen LogP contribution < -0.4 is 10.6 Å². The number of ketones is 1. The molecular weight excluding hydrogens is 524 g/mol. The molecule has 1 aliphatic rings. The summed E-state index contributed by atoms with van der Waals surface area (Å²) in [5, 5.41) is 6.26. The number of Topliss-reactive ketones (excluding diaryl/α,β-unsaturated/α-hetero) is 1. The van der Waals surface area contributed by atoms with Gasteiger partial charge in [-0.3, -0.25) is 14.5 Å². The number of hydrogen-bond acceptors (Lipinski definition) is 7. The lowest BCUT2D eigenvalue weighted by Gasteiger charge is -2.41. The number of rotatable bonds is 11. The van der Waals surface area contributed by atoms with Crippen molar-refractivity contribution in [1.29, 1.82) is 0 Å². The van der Waals surface area contributed by atoms with Crippen LogP contribution in [0.25, 0.3) is 10.2 Å². The van der Waals surface area contributed by atoms with E-state index < -0.39 is 12.1 Å². The number of ether oxygens (including phenoxy) is 1. The van der Waals surface area contributed by atoms with Gasteiger partial charge in [0.05, 0.1) is 22.2 Å². The second-order valence-electron chi connectivity index (χ2n) is 11.4. The molecule has 0 saturated carbocycles. The van der Waals surface area contributed by atoms with Gasteiger partial charge in [-0.2, -0.15) is 0 Å². The molecule has 1 saturated heterocycles. The van der Waals surface area contributed by atoms with Gasteiger partial charge in [-0.15, -0.1) is 11.3 Å². The number of piperidine rings is 1. The molecule has 214 valence electrons. The summed E-state index contributed by atoms with van der Waals surface area (Å²) in [5.41, 5.74) is 1.70. The summed E-state index contributed by atoms with van der Waals surface area (Å²) in [6.45, 7) is 8.79. The minimum absolute atomic E-state index is 0.00951. The summed E-state index contributed by atoms with van der Waals surface area (Å²) in [6.07, 6.45) is 3.07. The Hall–Kier alpha value is -3.30. The Morgan fingerprint density at radius 1 is 1.07 bits per heavy atom. The van der Waals surface area contributed by atoms with Gasteiger partial charge in [0.25, 0.3) is 0 Å². The first-order valence-electron chi connectivity index (χ1n) is 14.1. The molecule has 8 nitrogen and oxygen atoms in total. The van der Waals surface area contributed by atoms with Gasteiger partial charge in [-0.1, -0.05) is 42.5 Å². The molecule has 1 fully saturated rings. The van der Waals surface area contributed by atoms with Crippen LogP contribution in [-0.2, 0) is 16.1 Å². The van der Waals surface area contributed by atoms with Crippen molar-refractivity contribution in [3.63, 3.8) is 0 Å². The van der Waals surface area contributed by atoms with Gasteiger partial charge in [-0.25, -0.2) is 9.78 Å². The van der Waals surface area contributed by atoms with Gasteiger partial charge < -0.3 is 15.4 Å². The lowest BCUT2D eigenvalue weighted by molar-refractivity contribution is -0.128. The average molecular weight is 565 g/mol. The van der Waals surface area contributed by atoms with Gasteiger partial charge >= 0.3 is 6.09 Å². The maximum absolute atomic E-state index is 13.6. The molecule has 1 aliphatic heterocycles. The van der Waals surface area contributed by atoms with Crippen LogP contribution in [0.5, 0.6) is 0 Å². The third kappa shape index (κ3) is 8.35. The van der Waals surface area contributed by atoms with Crippen molar-refractivity contribution in [1.82, 2.24) is 20.5 Å². The summed E-state index contributed by atoms with van der Waals surface area (Å²) in [6, 6.07) is 16.5. The van der Waals surface area contributed by atoms with E-state index in [-0.39, 0.29) is 29.8 Å². The summed E-state index contributed by atoms with van der Waals surface area (Å²) in [7, 11) is 0. The Balaban J connectivity index is 1.33. The summed E-state index contributed by atoms with van der Waals surface area (Å²) in [4.78, 5) is 45.9. The molecule has 0 radical (unpaired) electrons. The smallest absolute Gasteiger partial charge is 0.407 e. The summed E-state index contributed by atoms with van der Waals surface area (Å²) >= 11 is 1.36. The zero-order valence-electron chi connectivity index (χ0n) is 23.7. The molecule has 9 heteroatoms. The fraction of sp³-hybridized carbons (Fsp3) is 0.484. The highest BCUT2D eigenvalue weighted by molar-refractivity contribution is 7.20. The molecule has 0 unspecified atom stereocenters. The number of alkyl carbamates (subject to hydrolysis) is 1. The first-order chi connectivity index (χ1) is 19.2. The minimum atomic E-state index is -0.664. The van der Waals surface area contributed by atoms with E-state index in [2.05, 4.69) is 41.3 Å². The number of fused-ring (bicyclic) bond motifs is 1. The maximum atomic E-state index is 13.6. The summed E-state index contributed by atoms with van der Waals surface area (Å²) < 4.78 is 6.21. The Morgan fingerprint density at radius 2 is 1.82 bits per heavy atom. The molecule has 3 aromatic rings. The van der Waals surface area contributed by atoms with Crippen LogP contribution in [0, 0.1) is 5.92 Å². The normalized spacial score (nSPS) is 16.8. The van der Waals surface area contributed by atoms with E-state index in [4.69, 9.17) is 4.74 Å². The maximum Gasteiger partial charge on any atom is 0.407 e. The molecule has 1 aromatic heterocycles. The average Bonchev–Trinajstić information content (AvgIpc) is 3.39. The largest absolute Gasteiger partial charge is 0.445 e. The van der Waals surface area contributed by atoms with Crippen LogP contribution in [0.3, 0.4) is 0 Å². The van der Waals surface area contributed by atoms with Crippen LogP contribution in [0.4, 0.5) is 4.79 Å². The van der Waals surface area contributed by atoms with Crippen molar-refractivity contribution in [3.8, 4) is 0 Å². The van der Waals surface area contributed by atoms with E-state index >= 15 is 0 Å². The van der Waals surface area contributed by atoms with E-state index in [1.807, 2.05) is 54.6 Å². The van der Waals surface area contributed by atoms with Crippen LogP contribution in [0.15, 0.2) is 54.6 Å². The number of unbranched alkanes of at least 4 members (excludes halogenated alkanes) is 1. The molecule has 2 N–H and O–H groups in total. The van der Waals surface area contributed by atoms with Gasteiger partial charge in [0.2, 0.25) is 11.7 Å². The number of para-hydroxylation sites is 1. The molecular formula is C31H40N4O4S. The van der Waals surface area contributed by atoms with E-state index in [1.165, 1.54) is 11.3 Å². The van der Waals surface area contributed by atoms with Gasteiger partial charge in [-0.05, 0) is 77.1 Å². The van der Waals surface area contributed by atoms with E-state index in [0.717, 1.165) is 35.2 Å². The molecule has 2 heterocycles. The number of aromatic nitrogens is 1. The molecule has 0 spiro atoms. The van der Waals surface area contributed by atoms with Crippen molar-refractivity contribution in [2.75, 3.05) is 19.6 Å². The molecule has 0 aliphatic carbocycles. The highest BCUT2D eigenvalue weighted by Crippen LogP contribution is 2.26. The standard InChI is InChI=1S/C31H40N4O4S/c1-31(2,3)35-19-11-14-23(20-35)28(37)33-25(27(36)29-34-24-15-7-8-17-26(24)40-29)16-9-10-18-32-30(38)39-21-22-12-5-4-6-13-22/h4-8,12-13,15,17,23,25H,9-11,14,16,18-21H2,1-3H3,(H,32,38)(H,33,37)/t23-,25-/m0/s1. The van der Waals surface area contributed by atoms with E-state index in [0.29, 0.717) is 37.4 Å². The van der Waals surface area contributed by atoms with Gasteiger partial charge in [0, 0.05) is 18.6 Å². The van der Waals surface area contributed by atoms with Crippen molar-refractivity contribution in [2.45, 2.75) is 71.1 Å². The molecule has 0 bridgehead atoms. The number of nitrogens with one attached hydrogen (secondary N) is 2. The predicted octanol–water partition coefficient (Wildman–Crippen LogP) is 5.57. The van der Waals surface area contributed by atoms with Crippen LogP contribution in [0.1, 0.15) is 68.2 Å². The third-order valence-corrected chi connectivity index (χ3v) is 8.33. The number of carbonyl (C=O) groups excluding carboxylic acids is 3.